The molecule has 0 aliphatic rings. The minimum absolute atomic E-state index is 0.108. The van der Waals surface area contributed by atoms with Crippen LogP contribution in [0.3, 0.4) is 0 Å². The van der Waals surface area contributed by atoms with Gasteiger partial charge in [0.1, 0.15) is 5.75 Å². The number of methoxy groups -OCH3 is 1. The van der Waals surface area contributed by atoms with Gasteiger partial charge in [0.2, 0.25) is 0 Å². The van der Waals surface area contributed by atoms with Crippen molar-refractivity contribution < 1.29 is 9.84 Å². The SMILES string of the molecule is COc1ccc(CN(C)C(C)(C)CO)c(Cl)c1. The Morgan fingerprint density at radius 1 is 1.41 bits per heavy atom. The van der Waals surface area contributed by atoms with E-state index in [-0.39, 0.29) is 12.1 Å². The van der Waals surface area contributed by atoms with E-state index in [2.05, 4.69) is 4.90 Å². The van der Waals surface area contributed by atoms with Gasteiger partial charge in [-0.25, -0.2) is 0 Å². The maximum absolute atomic E-state index is 9.30. The Balaban J connectivity index is 2.82. The normalized spacial score (nSPS) is 11.9. The number of rotatable bonds is 5. The van der Waals surface area contributed by atoms with Crippen molar-refractivity contribution in [3.8, 4) is 5.75 Å². The van der Waals surface area contributed by atoms with Crippen LogP contribution in [-0.2, 0) is 6.54 Å². The van der Waals surface area contributed by atoms with Gasteiger partial charge in [-0.1, -0.05) is 17.7 Å². The van der Waals surface area contributed by atoms with E-state index >= 15 is 0 Å². The van der Waals surface area contributed by atoms with Gasteiger partial charge >= 0.3 is 0 Å². The van der Waals surface area contributed by atoms with Gasteiger partial charge in [0.25, 0.3) is 0 Å². The molecular formula is C13H20ClNO2. The van der Waals surface area contributed by atoms with E-state index in [1.54, 1.807) is 13.2 Å². The molecule has 0 heterocycles. The highest BCUT2D eigenvalue weighted by Gasteiger charge is 2.22. The Morgan fingerprint density at radius 3 is 2.53 bits per heavy atom. The molecule has 1 rings (SSSR count). The largest absolute Gasteiger partial charge is 0.497 e. The number of hydrogen-bond acceptors (Lipinski definition) is 3. The molecule has 4 heteroatoms. The van der Waals surface area contributed by atoms with Crippen molar-refractivity contribution in [1.82, 2.24) is 4.90 Å². The predicted molar refractivity (Wildman–Crippen MR) is 70.6 cm³/mol. The Labute approximate surface area is 108 Å². The standard InChI is InChI=1S/C13H20ClNO2/c1-13(2,9-16)15(3)8-10-5-6-11(17-4)7-12(10)14/h5-7,16H,8-9H2,1-4H3. The molecule has 3 nitrogen and oxygen atoms in total. The van der Waals surface area contributed by atoms with E-state index in [0.29, 0.717) is 11.6 Å². The molecule has 1 aromatic rings. The van der Waals surface area contributed by atoms with Crippen molar-refractivity contribution in [2.45, 2.75) is 25.9 Å². The second-order valence-electron chi connectivity index (χ2n) is 4.78. The lowest BCUT2D eigenvalue weighted by molar-refractivity contribution is 0.0734. The third kappa shape index (κ3) is 3.60. The van der Waals surface area contributed by atoms with Crippen LogP contribution in [0, 0.1) is 0 Å². The Kier molecular flexibility index (Phi) is 4.80. The summed E-state index contributed by atoms with van der Waals surface area (Å²) in [5.74, 6) is 0.753. The summed E-state index contributed by atoms with van der Waals surface area (Å²) in [5.41, 5.74) is 0.764. The summed E-state index contributed by atoms with van der Waals surface area (Å²) in [4.78, 5) is 2.07. The summed E-state index contributed by atoms with van der Waals surface area (Å²) in [6, 6.07) is 5.64. The Hall–Kier alpha value is -0.770. The lowest BCUT2D eigenvalue weighted by Gasteiger charge is -2.34. The van der Waals surface area contributed by atoms with Crippen molar-refractivity contribution in [1.29, 1.82) is 0 Å². The summed E-state index contributed by atoms with van der Waals surface area (Å²) in [6.45, 7) is 4.78. The zero-order valence-corrected chi connectivity index (χ0v) is 11.6. The number of nitrogens with zero attached hydrogens (tertiary/aromatic N) is 1. The average molecular weight is 258 g/mol. The zero-order valence-electron chi connectivity index (χ0n) is 10.8. The van der Waals surface area contributed by atoms with Crippen LogP contribution < -0.4 is 4.74 Å². The molecule has 0 amide bonds. The monoisotopic (exact) mass is 257 g/mol. The fraction of sp³-hybridized carbons (Fsp3) is 0.538. The van der Waals surface area contributed by atoms with E-state index in [0.717, 1.165) is 11.3 Å². The second kappa shape index (κ2) is 5.71. The van der Waals surface area contributed by atoms with Gasteiger partial charge in [-0.15, -0.1) is 0 Å². The Bertz CT molecular complexity index is 380. The van der Waals surface area contributed by atoms with Crippen molar-refractivity contribution in [3.05, 3.63) is 28.8 Å². The van der Waals surface area contributed by atoms with E-state index in [4.69, 9.17) is 16.3 Å². The number of likely N-dealkylation sites (N-methyl/N-ethyl adjacent to an activating group) is 1. The molecule has 96 valence electrons. The van der Waals surface area contributed by atoms with Crippen LogP contribution >= 0.6 is 11.6 Å². The highest BCUT2D eigenvalue weighted by molar-refractivity contribution is 6.31. The number of hydrogen-bond donors (Lipinski definition) is 1. The van der Waals surface area contributed by atoms with Gasteiger partial charge in [0.15, 0.2) is 0 Å². The second-order valence-corrected chi connectivity index (χ2v) is 5.19. The number of ether oxygens (including phenoxy) is 1. The number of halogens is 1. The zero-order chi connectivity index (χ0) is 13.1. The molecule has 17 heavy (non-hydrogen) atoms. The first-order valence-corrected chi connectivity index (χ1v) is 5.93. The first-order chi connectivity index (χ1) is 7.90. The average Bonchev–Trinajstić information content (AvgIpc) is 2.31. The van der Waals surface area contributed by atoms with Gasteiger partial charge in [0.05, 0.1) is 13.7 Å². The topological polar surface area (TPSA) is 32.7 Å². The summed E-state index contributed by atoms with van der Waals surface area (Å²) in [5, 5.41) is 9.98. The third-order valence-corrected chi connectivity index (χ3v) is 3.44. The fourth-order valence-electron chi connectivity index (χ4n) is 1.37. The van der Waals surface area contributed by atoms with E-state index in [9.17, 15) is 5.11 Å². The number of aliphatic hydroxyl groups is 1. The van der Waals surface area contributed by atoms with Gasteiger partial charge in [-0.05, 0) is 38.6 Å². The van der Waals surface area contributed by atoms with Crippen LogP contribution in [0.4, 0.5) is 0 Å². The number of aliphatic hydroxyl groups excluding tert-OH is 1. The maximum atomic E-state index is 9.30. The predicted octanol–water partition coefficient (Wildman–Crippen LogP) is 2.55. The minimum atomic E-state index is -0.261. The minimum Gasteiger partial charge on any atom is -0.497 e. The van der Waals surface area contributed by atoms with Crippen LogP contribution in [0.2, 0.25) is 5.02 Å². The molecule has 0 aliphatic heterocycles. The smallest absolute Gasteiger partial charge is 0.120 e. The molecule has 0 spiro atoms. The van der Waals surface area contributed by atoms with Crippen molar-refractivity contribution in [3.63, 3.8) is 0 Å². The third-order valence-electron chi connectivity index (χ3n) is 3.09. The molecular weight excluding hydrogens is 238 g/mol. The van der Waals surface area contributed by atoms with Gasteiger partial charge < -0.3 is 9.84 Å². The van der Waals surface area contributed by atoms with Crippen LogP contribution in [0.25, 0.3) is 0 Å². The molecule has 0 saturated heterocycles. The molecule has 0 radical (unpaired) electrons. The lowest BCUT2D eigenvalue weighted by Crippen LogP contribution is -2.43. The molecule has 0 bridgehead atoms. The molecule has 1 N–H and O–H groups in total. The molecule has 1 aromatic carbocycles. The van der Waals surface area contributed by atoms with Crippen molar-refractivity contribution >= 4 is 11.6 Å². The summed E-state index contributed by atoms with van der Waals surface area (Å²) in [7, 11) is 3.59. The molecule has 0 aromatic heterocycles. The van der Waals surface area contributed by atoms with Crippen molar-refractivity contribution in [2.75, 3.05) is 20.8 Å². The van der Waals surface area contributed by atoms with Crippen LogP contribution in [-0.4, -0.2) is 36.3 Å². The highest BCUT2D eigenvalue weighted by atomic mass is 35.5. The van der Waals surface area contributed by atoms with Crippen LogP contribution in [0.1, 0.15) is 19.4 Å². The highest BCUT2D eigenvalue weighted by Crippen LogP contribution is 2.25. The quantitative estimate of drug-likeness (QED) is 0.880. The first-order valence-electron chi connectivity index (χ1n) is 5.55. The van der Waals surface area contributed by atoms with Crippen LogP contribution in [0.15, 0.2) is 18.2 Å². The summed E-state index contributed by atoms with van der Waals surface area (Å²) in [6.07, 6.45) is 0. The number of benzene rings is 1. The van der Waals surface area contributed by atoms with Gasteiger partial charge in [-0.3, -0.25) is 4.90 Å². The van der Waals surface area contributed by atoms with E-state index in [1.807, 2.05) is 33.0 Å². The van der Waals surface area contributed by atoms with E-state index < -0.39 is 0 Å². The molecule has 0 aliphatic carbocycles. The lowest BCUT2D eigenvalue weighted by atomic mass is 10.0. The molecule has 0 fully saturated rings. The molecule has 0 saturated carbocycles. The summed E-state index contributed by atoms with van der Waals surface area (Å²) >= 11 is 6.18. The molecule has 0 atom stereocenters. The van der Waals surface area contributed by atoms with Gasteiger partial charge in [-0.2, -0.15) is 0 Å². The first kappa shape index (κ1) is 14.3. The van der Waals surface area contributed by atoms with Gasteiger partial charge in [0, 0.05) is 17.1 Å². The van der Waals surface area contributed by atoms with Crippen LogP contribution in [0.5, 0.6) is 5.75 Å². The van der Waals surface area contributed by atoms with E-state index in [1.165, 1.54) is 0 Å². The fourth-order valence-corrected chi connectivity index (χ4v) is 1.60. The maximum Gasteiger partial charge on any atom is 0.120 e. The van der Waals surface area contributed by atoms with Crippen molar-refractivity contribution in [2.24, 2.45) is 0 Å². The Morgan fingerprint density at radius 2 is 2.06 bits per heavy atom. The summed E-state index contributed by atoms with van der Waals surface area (Å²) < 4.78 is 5.11. The molecule has 0 unspecified atom stereocenters.